The topological polar surface area (TPSA) is 263 Å². The summed E-state index contributed by atoms with van der Waals surface area (Å²) in [5.74, 6) is -6.44. The van der Waals surface area contributed by atoms with Crippen LogP contribution >= 0.6 is 0 Å². The summed E-state index contributed by atoms with van der Waals surface area (Å²) in [5.41, 5.74) is 0. The molecular formula is C28H49AlO16Ti. The Kier molecular flexibility index (Phi) is 47.3. The van der Waals surface area contributed by atoms with Gasteiger partial charge in [-0.05, 0) is 27.7 Å². The molecule has 0 saturated carbocycles. The van der Waals surface area contributed by atoms with Gasteiger partial charge in [-0.15, -0.1) is 0 Å². The van der Waals surface area contributed by atoms with E-state index in [1.54, 1.807) is 0 Å². The number of ketones is 4. The zero-order chi connectivity index (χ0) is 38.0. The Hall–Kier alpha value is -2.35. The van der Waals surface area contributed by atoms with E-state index in [1.165, 1.54) is 27.7 Å². The number of hydrogen-bond donors (Lipinski definition) is 1. The van der Waals surface area contributed by atoms with Gasteiger partial charge < -0.3 is 34.8 Å². The van der Waals surface area contributed by atoms with Gasteiger partial charge in [0, 0.05) is 37.2 Å². The van der Waals surface area contributed by atoms with Crippen molar-refractivity contribution >= 4 is 62.9 Å². The van der Waals surface area contributed by atoms with E-state index < -0.39 is 63.1 Å². The second-order valence-corrected chi connectivity index (χ2v) is 11.6. The van der Waals surface area contributed by atoms with Crippen LogP contribution in [0.1, 0.15) is 109 Å². The molecule has 0 amide bonds. The van der Waals surface area contributed by atoms with Crippen LogP contribution in [0.25, 0.3) is 0 Å². The second kappa shape index (κ2) is 38.8. The standard InChI is InChI=1S/4C4H6O3.4C3H7O.Al.Ti/c4*1-3(5)2-4(6)7;4*1-3(2)4;;/h4*2H2,1H3,(H,6,7);4*3H,1-2H3;;/q;;;;4*-1;+3;+4/p-3. The van der Waals surface area contributed by atoms with Crippen LogP contribution in [0.5, 0.6) is 0 Å². The van der Waals surface area contributed by atoms with Crippen LogP contribution in [-0.2, 0) is 72.5 Å². The zero-order valence-corrected chi connectivity index (χ0v) is 31.5. The van der Waals surface area contributed by atoms with Crippen molar-refractivity contribution in [3.8, 4) is 0 Å². The molecule has 1 N–H and O–H groups in total. The van der Waals surface area contributed by atoms with Crippen molar-refractivity contribution in [2.24, 2.45) is 0 Å². The van der Waals surface area contributed by atoms with E-state index in [0.29, 0.717) is 24.4 Å². The third-order valence-electron chi connectivity index (χ3n) is 2.80. The third-order valence-corrected chi connectivity index (χ3v) is 5.89. The Morgan fingerprint density at radius 2 is 0.761 bits per heavy atom. The van der Waals surface area contributed by atoms with E-state index in [4.69, 9.17) is 19.3 Å². The number of Topliss-reactive ketones (excluding diaryl/α,β-unsaturated/α-hetero) is 4. The summed E-state index contributed by atoms with van der Waals surface area (Å²) in [4.78, 5) is 77.4. The average Bonchev–Trinajstić information content (AvgIpc) is 2.76. The van der Waals surface area contributed by atoms with Gasteiger partial charge in [-0.1, -0.05) is 0 Å². The van der Waals surface area contributed by atoms with E-state index in [9.17, 15) is 53.7 Å². The Morgan fingerprint density at radius 3 is 0.848 bits per heavy atom. The van der Waals surface area contributed by atoms with E-state index in [-0.39, 0.29) is 45.4 Å². The Morgan fingerprint density at radius 1 is 0.522 bits per heavy atom. The van der Waals surface area contributed by atoms with Crippen molar-refractivity contribution in [3.63, 3.8) is 0 Å². The summed E-state index contributed by atoms with van der Waals surface area (Å²) in [5, 5.41) is 36.3. The molecule has 0 heterocycles. The molecule has 0 saturated heterocycles. The molecule has 0 unspecified atom stereocenters. The normalized spacial score (nSPS) is 9.04. The summed E-state index contributed by atoms with van der Waals surface area (Å²) in [6, 6.07) is 0. The first-order chi connectivity index (χ1) is 20.8. The summed E-state index contributed by atoms with van der Waals surface area (Å²) in [6.45, 7) is 21.0. The minimum absolute atomic E-state index is 0.245. The zero-order valence-electron chi connectivity index (χ0n) is 28.8. The number of aliphatic carboxylic acids is 4. The van der Waals surface area contributed by atoms with Gasteiger partial charge in [0.15, 0.2) is 0 Å². The van der Waals surface area contributed by atoms with Crippen LogP contribution < -0.4 is 15.3 Å². The monoisotopic (exact) mass is 716 g/mol. The van der Waals surface area contributed by atoms with Gasteiger partial charge in [0.05, 0.1) is 0 Å². The van der Waals surface area contributed by atoms with Crippen LogP contribution in [0.15, 0.2) is 0 Å². The number of hydrogen-bond acceptors (Lipinski definition) is 15. The number of carboxylic acid groups (broad SMARTS) is 4. The van der Waals surface area contributed by atoms with Crippen LogP contribution in [0.2, 0.25) is 0 Å². The molecule has 0 bridgehead atoms. The molecule has 0 aromatic heterocycles. The Labute approximate surface area is 288 Å². The molecule has 0 aromatic rings. The Bertz CT molecular complexity index is 688. The molecule has 0 radical (unpaired) electrons. The first kappa shape index (κ1) is 56.0. The van der Waals surface area contributed by atoms with Crippen molar-refractivity contribution in [3.05, 3.63) is 0 Å². The summed E-state index contributed by atoms with van der Waals surface area (Å²) >= 11 is -0.819. The van der Waals surface area contributed by atoms with Gasteiger partial charge >= 0.3 is 136 Å². The molecule has 46 heavy (non-hydrogen) atoms. The van der Waals surface area contributed by atoms with Gasteiger partial charge in [0.1, 0.15) is 29.6 Å². The van der Waals surface area contributed by atoms with E-state index in [2.05, 4.69) is 0 Å². The third kappa shape index (κ3) is 105. The molecule has 0 aliphatic rings. The molecule has 264 valence electrons. The summed E-state index contributed by atoms with van der Waals surface area (Å²) < 4.78 is 20.9. The van der Waals surface area contributed by atoms with Crippen LogP contribution in [0.3, 0.4) is 0 Å². The average molecular weight is 717 g/mol. The predicted octanol–water partition coefficient (Wildman–Crippen LogP) is -0.684. The predicted molar refractivity (Wildman–Crippen MR) is 154 cm³/mol. The van der Waals surface area contributed by atoms with Gasteiger partial charge in [0.25, 0.3) is 0 Å². The van der Waals surface area contributed by atoms with Crippen molar-refractivity contribution in [2.75, 3.05) is 0 Å². The molecule has 0 spiro atoms. The van der Waals surface area contributed by atoms with Crippen LogP contribution in [0, 0.1) is 0 Å². The first-order valence-corrected chi connectivity index (χ1v) is 16.0. The fourth-order valence-corrected chi connectivity index (χ4v) is 2.49. The second-order valence-electron chi connectivity index (χ2n) is 9.91. The molecular weight excluding hydrogens is 667 g/mol. The van der Waals surface area contributed by atoms with Crippen LogP contribution in [0.4, 0.5) is 0 Å². The number of rotatable bonds is 16. The number of carbonyl (C=O) groups excluding carboxylic acids is 7. The quantitative estimate of drug-likeness (QED) is 0.153. The molecule has 18 heteroatoms. The number of carbonyl (C=O) groups is 8. The van der Waals surface area contributed by atoms with Gasteiger partial charge in [-0.25, -0.2) is 0 Å². The molecule has 0 aliphatic heterocycles. The van der Waals surface area contributed by atoms with Gasteiger partial charge in [-0.3, -0.25) is 24.0 Å². The molecule has 0 rings (SSSR count). The van der Waals surface area contributed by atoms with Crippen molar-refractivity contribution < 1.29 is 92.9 Å². The summed E-state index contributed by atoms with van der Waals surface area (Å²) in [6.07, 6.45) is -0.523. The van der Waals surface area contributed by atoms with Crippen molar-refractivity contribution in [1.29, 1.82) is 0 Å². The first-order valence-electron chi connectivity index (χ1n) is 13.7. The maximum absolute atomic E-state index is 9.87. The maximum atomic E-state index is 9.87. The molecule has 0 aromatic carbocycles. The van der Waals surface area contributed by atoms with E-state index in [1.807, 2.05) is 55.4 Å². The SMILES string of the molecule is CC(=O)CC(=O)O.CC(=O)CC(=O)[O-].CC(=O)CC(=O)[O-].CC(=O)CC(=O)[O-].CC(C)[O][Al+][O]C(C)C.CC(C)[O][Ti+2][O]C(C)C. The van der Waals surface area contributed by atoms with Crippen LogP contribution in [-0.4, -0.2) is 92.4 Å². The van der Waals surface area contributed by atoms with Crippen molar-refractivity contribution in [2.45, 2.75) is 133 Å². The van der Waals surface area contributed by atoms with Gasteiger partial charge in [-0.2, -0.15) is 0 Å². The van der Waals surface area contributed by atoms with Crippen molar-refractivity contribution in [1.82, 2.24) is 0 Å². The van der Waals surface area contributed by atoms with E-state index >= 15 is 0 Å². The molecule has 0 aliphatic carbocycles. The summed E-state index contributed by atoms with van der Waals surface area (Å²) in [7, 11) is 0. The van der Waals surface area contributed by atoms with E-state index in [0.717, 1.165) is 0 Å². The minimum atomic E-state index is -1.31. The Balaban J connectivity index is -0.000000105. The van der Waals surface area contributed by atoms with Gasteiger partial charge in [0.2, 0.25) is 0 Å². The fraction of sp³-hybridized carbons (Fsp3) is 0.714. The fourth-order valence-electron chi connectivity index (χ4n) is 1.30. The number of carboxylic acids is 4. The molecule has 0 atom stereocenters. The molecule has 16 nitrogen and oxygen atoms in total. The molecule has 0 fully saturated rings.